The van der Waals surface area contributed by atoms with Gasteiger partial charge in [0.15, 0.2) is 0 Å². The van der Waals surface area contributed by atoms with Crippen molar-refractivity contribution >= 4 is 17.7 Å². The third-order valence-electron chi connectivity index (χ3n) is 4.15. The molecule has 0 amide bonds. The lowest BCUT2D eigenvalue weighted by Crippen LogP contribution is -2.65. The van der Waals surface area contributed by atoms with E-state index in [2.05, 4.69) is 13.8 Å². The quantitative estimate of drug-likeness (QED) is 0.729. The number of fused-ring (bicyclic) bond motifs is 1. The molecule has 4 heteroatoms. The Morgan fingerprint density at radius 1 is 1.53 bits per heavy atom. The minimum Gasteiger partial charge on any atom is -0.460 e. The highest BCUT2D eigenvalue weighted by Crippen LogP contribution is 2.53. The van der Waals surface area contributed by atoms with E-state index in [1.807, 2.05) is 13.2 Å². The molecule has 1 aliphatic carbocycles. The highest BCUT2D eigenvalue weighted by atomic mass is 32.2. The Bertz CT molecular complexity index is 303. The summed E-state index contributed by atoms with van der Waals surface area (Å²) in [4.78, 5) is 11.9. The largest absolute Gasteiger partial charge is 0.460 e. The summed E-state index contributed by atoms with van der Waals surface area (Å²) in [5, 5.41) is -0.0747. The lowest BCUT2D eigenvalue weighted by atomic mass is 9.57. The third kappa shape index (κ3) is 2.22. The molecule has 4 atom stereocenters. The normalized spacial score (nSPS) is 36.6. The lowest BCUT2D eigenvalue weighted by Gasteiger charge is -2.58. The van der Waals surface area contributed by atoms with Gasteiger partial charge in [-0.3, -0.25) is 4.79 Å². The summed E-state index contributed by atoms with van der Waals surface area (Å²) < 4.78 is 11.5. The second-order valence-corrected chi connectivity index (χ2v) is 6.83. The Hall–Kier alpha value is -0.220. The molecule has 0 N–H and O–H groups in total. The van der Waals surface area contributed by atoms with E-state index in [1.54, 1.807) is 0 Å². The minimum atomic E-state index is -0.0837. The fourth-order valence-electron chi connectivity index (χ4n) is 3.03. The smallest absolute Gasteiger partial charge is 0.319 e. The molecule has 17 heavy (non-hydrogen) atoms. The fourth-order valence-corrected chi connectivity index (χ4v) is 3.28. The van der Waals surface area contributed by atoms with Crippen LogP contribution in [0.15, 0.2) is 0 Å². The van der Waals surface area contributed by atoms with Crippen LogP contribution in [0, 0.1) is 11.3 Å². The first-order valence-electron chi connectivity index (χ1n) is 6.33. The van der Waals surface area contributed by atoms with Crippen molar-refractivity contribution < 1.29 is 14.3 Å². The maximum absolute atomic E-state index is 11.9. The maximum atomic E-state index is 11.9. The molecule has 0 aromatic rings. The van der Waals surface area contributed by atoms with Crippen molar-refractivity contribution in [2.45, 2.75) is 51.1 Å². The molecule has 2 fully saturated rings. The van der Waals surface area contributed by atoms with Crippen molar-refractivity contribution in [3.8, 4) is 0 Å². The number of esters is 1. The Kier molecular flexibility index (Phi) is 3.74. The molecule has 0 aromatic carbocycles. The molecule has 1 heterocycles. The van der Waals surface area contributed by atoms with Crippen molar-refractivity contribution in [3.63, 3.8) is 0 Å². The number of carbonyl (C=O) groups is 1. The van der Waals surface area contributed by atoms with Gasteiger partial charge in [0, 0.05) is 17.9 Å². The summed E-state index contributed by atoms with van der Waals surface area (Å²) in [7, 11) is 0. The minimum absolute atomic E-state index is 0.0289. The van der Waals surface area contributed by atoms with Crippen LogP contribution >= 0.6 is 11.8 Å². The molecule has 1 saturated heterocycles. The Morgan fingerprint density at radius 2 is 2.24 bits per heavy atom. The van der Waals surface area contributed by atoms with Gasteiger partial charge < -0.3 is 9.47 Å². The molecule has 0 radical (unpaired) electrons. The van der Waals surface area contributed by atoms with Crippen LogP contribution in [0.1, 0.15) is 33.6 Å². The first-order chi connectivity index (χ1) is 7.98. The third-order valence-corrected chi connectivity index (χ3v) is 5.05. The number of ether oxygens (including phenoxy) is 2. The number of rotatable bonds is 3. The first kappa shape index (κ1) is 13.2. The zero-order valence-corrected chi connectivity index (χ0v) is 11.9. The average molecular weight is 258 g/mol. The molecular weight excluding hydrogens is 236 g/mol. The van der Waals surface area contributed by atoms with Crippen LogP contribution in [0.4, 0.5) is 0 Å². The van der Waals surface area contributed by atoms with Crippen molar-refractivity contribution in [3.05, 3.63) is 0 Å². The lowest BCUT2D eigenvalue weighted by molar-refractivity contribution is -0.254. The highest BCUT2D eigenvalue weighted by Gasteiger charge is 2.60. The average Bonchev–Trinajstić information content (AvgIpc) is 2.34. The molecule has 2 rings (SSSR count). The van der Waals surface area contributed by atoms with Crippen LogP contribution in [0.3, 0.4) is 0 Å². The van der Waals surface area contributed by atoms with Crippen molar-refractivity contribution in [1.82, 2.24) is 0 Å². The van der Waals surface area contributed by atoms with Crippen molar-refractivity contribution in [2.75, 3.05) is 12.9 Å². The Morgan fingerprint density at radius 3 is 2.88 bits per heavy atom. The van der Waals surface area contributed by atoms with E-state index in [0.717, 1.165) is 19.4 Å². The van der Waals surface area contributed by atoms with Gasteiger partial charge in [0.25, 0.3) is 0 Å². The molecule has 1 saturated carbocycles. The van der Waals surface area contributed by atoms with E-state index in [0.29, 0.717) is 5.92 Å². The predicted molar refractivity (Wildman–Crippen MR) is 69.1 cm³/mol. The molecule has 98 valence electrons. The van der Waals surface area contributed by atoms with Gasteiger partial charge in [-0.2, -0.15) is 11.8 Å². The van der Waals surface area contributed by atoms with Crippen LogP contribution < -0.4 is 0 Å². The molecule has 0 spiro atoms. The zero-order valence-electron chi connectivity index (χ0n) is 11.1. The van der Waals surface area contributed by atoms with Gasteiger partial charge in [-0.25, -0.2) is 0 Å². The number of thioether (sulfide) groups is 1. The van der Waals surface area contributed by atoms with Gasteiger partial charge in [0.05, 0.1) is 11.4 Å². The monoisotopic (exact) mass is 258 g/mol. The predicted octanol–water partition coefficient (Wildman–Crippen LogP) is 2.48. The molecule has 2 aliphatic rings. The maximum Gasteiger partial charge on any atom is 0.319 e. The topological polar surface area (TPSA) is 35.5 Å². The number of carbonyl (C=O) groups excluding carboxylic acids is 1. The van der Waals surface area contributed by atoms with Gasteiger partial charge in [0.1, 0.15) is 6.10 Å². The van der Waals surface area contributed by atoms with Gasteiger partial charge in [-0.05, 0) is 26.0 Å². The second-order valence-electron chi connectivity index (χ2n) is 5.65. The van der Waals surface area contributed by atoms with Gasteiger partial charge in [0.2, 0.25) is 0 Å². The molecule has 1 aliphatic heterocycles. The standard InChI is InChI=1S/C13H22O3S/c1-8(17-4)12(14)16-11-9-6-5-7-15-10(9)13(11,2)3/h8-11H,5-7H2,1-4H3/t8-,9-,10+,11-/m1/s1. The molecule has 0 unspecified atom stereocenters. The Labute approximate surface area is 108 Å². The molecular formula is C13H22O3S. The van der Waals surface area contributed by atoms with Crippen LogP contribution in [0.25, 0.3) is 0 Å². The second kappa shape index (κ2) is 4.81. The molecule has 0 bridgehead atoms. The van der Waals surface area contributed by atoms with E-state index < -0.39 is 0 Å². The zero-order chi connectivity index (χ0) is 12.6. The first-order valence-corrected chi connectivity index (χ1v) is 7.62. The van der Waals surface area contributed by atoms with Gasteiger partial charge in [-0.1, -0.05) is 13.8 Å². The summed E-state index contributed by atoms with van der Waals surface area (Å²) in [5.74, 6) is 0.330. The number of hydrogen-bond acceptors (Lipinski definition) is 4. The number of hydrogen-bond donors (Lipinski definition) is 0. The van der Waals surface area contributed by atoms with Crippen LogP contribution in [-0.2, 0) is 14.3 Å². The van der Waals surface area contributed by atoms with E-state index in [4.69, 9.17) is 9.47 Å². The molecule has 0 aromatic heterocycles. The van der Waals surface area contributed by atoms with E-state index in [-0.39, 0.29) is 28.8 Å². The highest BCUT2D eigenvalue weighted by molar-refractivity contribution is 7.99. The van der Waals surface area contributed by atoms with E-state index >= 15 is 0 Å². The van der Waals surface area contributed by atoms with Crippen LogP contribution in [0.2, 0.25) is 0 Å². The Balaban J connectivity index is 1.99. The fraction of sp³-hybridized carbons (Fsp3) is 0.923. The van der Waals surface area contributed by atoms with E-state index in [1.165, 1.54) is 11.8 Å². The summed E-state index contributed by atoms with van der Waals surface area (Å²) >= 11 is 1.53. The summed E-state index contributed by atoms with van der Waals surface area (Å²) in [5.41, 5.74) is -0.0289. The SMILES string of the molecule is CS[C@H](C)C(=O)O[C@@H]1[C@@H]2CCCO[C@@H]2C1(C)C. The van der Waals surface area contributed by atoms with Crippen LogP contribution in [-0.4, -0.2) is 36.3 Å². The van der Waals surface area contributed by atoms with Gasteiger partial charge >= 0.3 is 5.97 Å². The summed E-state index contributed by atoms with van der Waals surface area (Å²) in [6.45, 7) is 7.03. The van der Waals surface area contributed by atoms with Crippen molar-refractivity contribution in [2.24, 2.45) is 11.3 Å². The van der Waals surface area contributed by atoms with Crippen LogP contribution in [0.5, 0.6) is 0 Å². The van der Waals surface area contributed by atoms with Gasteiger partial charge in [-0.15, -0.1) is 0 Å². The van der Waals surface area contributed by atoms with Crippen molar-refractivity contribution in [1.29, 1.82) is 0 Å². The summed E-state index contributed by atoms with van der Waals surface area (Å²) in [6.07, 6.45) is 4.46. The summed E-state index contributed by atoms with van der Waals surface area (Å²) in [6, 6.07) is 0. The van der Waals surface area contributed by atoms with E-state index in [9.17, 15) is 4.79 Å². The molecule has 3 nitrogen and oxygen atoms in total.